The number of rotatable bonds is 4. The molecule has 112 valence electrons. The van der Waals surface area contributed by atoms with Gasteiger partial charge in [0.05, 0.1) is 0 Å². The SMILES string of the molecule is CNc1ncccc1S(=O)(=O)NC1CCN(C)C(C)C1. The summed E-state index contributed by atoms with van der Waals surface area (Å²) in [5.74, 6) is 0.376. The first kappa shape index (κ1) is 15.2. The Morgan fingerprint density at radius 3 is 2.85 bits per heavy atom. The molecule has 2 rings (SSSR count). The fraction of sp³-hybridized carbons (Fsp3) is 0.615. The number of likely N-dealkylation sites (tertiary alicyclic amines) is 1. The molecule has 1 aromatic heterocycles. The first-order valence-electron chi connectivity index (χ1n) is 6.79. The van der Waals surface area contributed by atoms with Crippen molar-refractivity contribution in [3.05, 3.63) is 18.3 Å². The normalized spacial score (nSPS) is 24.6. The Morgan fingerprint density at radius 2 is 2.20 bits per heavy atom. The summed E-state index contributed by atoms with van der Waals surface area (Å²) >= 11 is 0. The third kappa shape index (κ3) is 3.28. The molecule has 0 amide bonds. The Labute approximate surface area is 120 Å². The lowest BCUT2D eigenvalue weighted by atomic mass is 10.0. The fourth-order valence-electron chi connectivity index (χ4n) is 2.47. The van der Waals surface area contributed by atoms with E-state index in [2.05, 4.69) is 33.9 Å². The first-order chi connectivity index (χ1) is 9.44. The van der Waals surface area contributed by atoms with Gasteiger partial charge in [-0.1, -0.05) is 0 Å². The van der Waals surface area contributed by atoms with Crippen LogP contribution in [-0.2, 0) is 10.0 Å². The number of hydrogen-bond acceptors (Lipinski definition) is 5. The average Bonchev–Trinajstić information content (AvgIpc) is 2.42. The van der Waals surface area contributed by atoms with Gasteiger partial charge >= 0.3 is 0 Å². The van der Waals surface area contributed by atoms with Gasteiger partial charge in [-0.2, -0.15) is 0 Å². The molecule has 0 spiro atoms. The van der Waals surface area contributed by atoms with Crippen molar-refractivity contribution in [1.29, 1.82) is 0 Å². The van der Waals surface area contributed by atoms with Crippen LogP contribution in [0.15, 0.2) is 23.2 Å². The molecule has 0 radical (unpaired) electrons. The van der Waals surface area contributed by atoms with E-state index in [0.717, 1.165) is 19.4 Å². The summed E-state index contributed by atoms with van der Waals surface area (Å²) in [6.45, 7) is 3.02. The molecule has 0 aliphatic carbocycles. The number of piperidine rings is 1. The average molecular weight is 298 g/mol. The molecule has 0 saturated carbocycles. The van der Waals surface area contributed by atoms with Crippen LogP contribution in [0.4, 0.5) is 5.82 Å². The van der Waals surface area contributed by atoms with Gasteiger partial charge < -0.3 is 10.2 Å². The number of hydrogen-bond donors (Lipinski definition) is 2. The van der Waals surface area contributed by atoms with Gasteiger partial charge in [-0.05, 0) is 45.5 Å². The largest absolute Gasteiger partial charge is 0.372 e. The highest BCUT2D eigenvalue weighted by molar-refractivity contribution is 7.89. The third-order valence-corrected chi connectivity index (χ3v) is 5.38. The lowest BCUT2D eigenvalue weighted by Crippen LogP contribution is -2.47. The summed E-state index contributed by atoms with van der Waals surface area (Å²) in [6, 6.07) is 3.57. The molecular formula is C13H22N4O2S. The Hall–Kier alpha value is -1.18. The molecule has 2 heterocycles. The predicted octanol–water partition coefficient (Wildman–Crippen LogP) is 0.884. The minimum atomic E-state index is -3.54. The summed E-state index contributed by atoms with van der Waals surface area (Å²) in [6.07, 6.45) is 3.22. The van der Waals surface area contributed by atoms with Gasteiger partial charge in [0.2, 0.25) is 10.0 Å². The molecule has 1 saturated heterocycles. The topological polar surface area (TPSA) is 74.3 Å². The highest BCUT2D eigenvalue weighted by atomic mass is 32.2. The van der Waals surface area contributed by atoms with Crippen LogP contribution in [-0.4, -0.2) is 51.0 Å². The highest BCUT2D eigenvalue weighted by Crippen LogP contribution is 2.21. The van der Waals surface area contributed by atoms with Crippen molar-refractivity contribution in [3.63, 3.8) is 0 Å². The summed E-state index contributed by atoms with van der Waals surface area (Å²) in [5, 5.41) is 2.82. The van der Waals surface area contributed by atoms with Crippen LogP contribution in [0.25, 0.3) is 0 Å². The molecular weight excluding hydrogens is 276 g/mol. The van der Waals surface area contributed by atoms with E-state index in [-0.39, 0.29) is 10.9 Å². The molecule has 2 atom stereocenters. The van der Waals surface area contributed by atoms with Crippen molar-refractivity contribution in [3.8, 4) is 0 Å². The fourth-order valence-corrected chi connectivity index (χ4v) is 3.92. The van der Waals surface area contributed by atoms with Gasteiger partial charge in [-0.3, -0.25) is 0 Å². The predicted molar refractivity (Wildman–Crippen MR) is 79.2 cm³/mol. The van der Waals surface area contributed by atoms with E-state index in [1.54, 1.807) is 25.4 Å². The molecule has 20 heavy (non-hydrogen) atoms. The van der Waals surface area contributed by atoms with Crippen molar-refractivity contribution in [2.75, 3.05) is 26.0 Å². The minimum absolute atomic E-state index is 0.0175. The lowest BCUT2D eigenvalue weighted by Gasteiger charge is -2.35. The number of nitrogens with zero attached hydrogens (tertiary/aromatic N) is 2. The molecule has 1 aliphatic heterocycles. The van der Waals surface area contributed by atoms with Gasteiger partial charge in [0.1, 0.15) is 10.7 Å². The molecule has 0 bridgehead atoms. The van der Waals surface area contributed by atoms with E-state index < -0.39 is 10.0 Å². The first-order valence-corrected chi connectivity index (χ1v) is 8.27. The maximum atomic E-state index is 12.5. The monoisotopic (exact) mass is 298 g/mol. The quantitative estimate of drug-likeness (QED) is 0.863. The van der Waals surface area contributed by atoms with E-state index in [4.69, 9.17) is 0 Å². The summed E-state index contributed by atoms with van der Waals surface area (Å²) in [5.41, 5.74) is 0. The number of nitrogens with one attached hydrogen (secondary N) is 2. The zero-order chi connectivity index (χ0) is 14.8. The Morgan fingerprint density at radius 1 is 1.45 bits per heavy atom. The van der Waals surface area contributed by atoms with E-state index in [1.807, 2.05) is 0 Å². The lowest BCUT2D eigenvalue weighted by molar-refractivity contribution is 0.178. The second kappa shape index (κ2) is 6.07. The van der Waals surface area contributed by atoms with Gasteiger partial charge in [0.15, 0.2) is 0 Å². The smallest absolute Gasteiger partial charge is 0.244 e. The van der Waals surface area contributed by atoms with Crippen LogP contribution in [0.5, 0.6) is 0 Å². The minimum Gasteiger partial charge on any atom is -0.372 e. The summed E-state index contributed by atoms with van der Waals surface area (Å²) in [7, 11) is 0.194. The van der Waals surface area contributed by atoms with E-state index in [0.29, 0.717) is 11.9 Å². The zero-order valence-corrected chi connectivity index (χ0v) is 12.9. The second-order valence-electron chi connectivity index (χ2n) is 5.27. The van der Waals surface area contributed by atoms with Crippen LogP contribution in [0.3, 0.4) is 0 Å². The van der Waals surface area contributed by atoms with Crippen molar-refractivity contribution >= 4 is 15.8 Å². The molecule has 2 N–H and O–H groups in total. The van der Waals surface area contributed by atoms with Gasteiger partial charge in [-0.15, -0.1) is 0 Å². The van der Waals surface area contributed by atoms with Crippen LogP contribution in [0.1, 0.15) is 19.8 Å². The number of sulfonamides is 1. The van der Waals surface area contributed by atoms with Gasteiger partial charge in [0.25, 0.3) is 0 Å². The molecule has 6 nitrogen and oxygen atoms in total. The summed E-state index contributed by atoms with van der Waals surface area (Å²) in [4.78, 5) is 6.49. The van der Waals surface area contributed by atoms with Crippen LogP contribution < -0.4 is 10.0 Å². The molecule has 1 fully saturated rings. The van der Waals surface area contributed by atoms with E-state index in [1.165, 1.54) is 0 Å². The maximum Gasteiger partial charge on any atom is 0.244 e. The molecule has 1 aliphatic rings. The van der Waals surface area contributed by atoms with Crippen LogP contribution >= 0.6 is 0 Å². The van der Waals surface area contributed by atoms with E-state index >= 15 is 0 Å². The maximum absolute atomic E-state index is 12.5. The Balaban J connectivity index is 2.15. The van der Waals surface area contributed by atoms with E-state index in [9.17, 15) is 8.42 Å². The van der Waals surface area contributed by atoms with Crippen molar-refractivity contribution in [2.24, 2.45) is 0 Å². The second-order valence-corrected chi connectivity index (χ2v) is 6.95. The van der Waals surface area contributed by atoms with Crippen molar-refractivity contribution in [1.82, 2.24) is 14.6 Å². The van der Waals surface area contributed by atoms with Crippen molar-refractivity contribution < 1.29 is 8.42 Å². The number of pyridine rings is 1. The van der Waals surface area contributed by atoms with Crippen LogP contribution in [0.2, 0.25) is 0 Å². The van der Waals surface area contributed by atoms with Crippen molar-refractivity contribution in [2.45, 2.75) is 36.7 Å². The van der Waals surface area contributed by atoms with Gasteiger partial charge in [0, 0.05) is 25.3 Å². The summed E-state index contributed by atoms with van der Waals surface area (Å²) < 4.78 is 27.7. The van der Waals surface area contributed by atoms with Gasteiger partial charge in [-0.25, -0.2) is 18.1 Å². The highest BCUT2D eigenvalue weighted by Gasteiger charge is 2.28. The molecule has 0 aromatic carbocycles. The Kier molecular flexibility index (Phi) is 4.62. The molecule has 2 unspecified atom stereocenters. The Bertz CT molecular complexity index is 561. The van der Waals surface area contributed by atoms with Crippen LogP contribution in [0, 0.1) is 0 Å². The zero-order valence-electron chi connectivity index (χ0n) is 12.1. The number of anilines is 1. The third-order valence-electron chi connectivity index (χ3n) is 3.83. The molecule has 1 aromatic rings. The number of aromatic nitrogens is 1. The molecule has 7 heteroatoms. The standard InChI is InChI=1S/C13H22N4O2S/c1-10-9-11(6-8-17(10)3)16-20(18,19)12-5-4-7-15-13(12)14-2/h4-5,7,10-11,16H,6,8-9H2,1-3H3,(H,14,15).